The van der Waals surface area contributed by atoms with E-state index < -0.39 is 0 Å². The van der Waals surface area contributed by atoms with Crippen molar-refractivity contribution >= 4 is 34.8 Å². The second-order valence-corrected chi connectivity index (χ2v) is 6.93. The molecule has 1 fully saturated rings. The highest BCUT2D eigenvalue weighted by atomic mass is 35.5. The van der Waals surface area contributed by atoms with E-state index in [4.69, 9.17) is 23.2 Å². The van der Waals surface area contributed by atoms with E-state index in [-0.39, 0.29) is 11.9 Å². The van der Waals surface area contributed by atoms with Gasteiger partial charge in [0.15, 0.2) is 5.65 Å². The normalized spacial score (nSPS) is 22.0. The highest BCUT2D eigenvalue weighted by Gasteiger charge is 2.26. The molecule has 0 aromatic carbocycles. The second-order valence-electron chi connectivity index (χ2n) is 6.09. The molecule has 0 spiro atoms. The molecule has 0 radical (unpaired) electrons. The molecule has 0 aliphatic heterocycles. The van der Waals surface area contributed by atoms with Crippen molar-refractivity contribution in [1.82, 2.24) is 14.7 Å². The van der Waals surface area contributed by atoms with Gasteiger partial charge in [-0.05, 0) is 31.7 Å². The van der Waals surface area contributed by atoms with Crippen LogP contribution in [0.4, 0.5) is 0 Å². The quantitative estimate of drug-likeness (QED) is 0.888. The average molecular weight is 340 g/mol. The summed E-state index contributed by atoms with van der Waals surface area (Å²) >= 11 is 12.2. The standard InChI is InChI=1S/C16H19Cl2N3O/c1-9-5-3-4-6-13(9)20-16(22)14-10(2)19-15-12(18)7-11(17)8-21(14)15/h7-9,13H,3-6H2,1-2H3,(H,20,22). The summed E-state index contributed by atoms with van der Waals surface area (Å²) in [6.07, 6.45) is 6.29. The predicted molar refractivity (Wildman–Crippen MR) is 88.8 cm³/mol. The number of rotatable bonds is 2. The van der Waals surface area contributed by atoms with E-state index in [1.807, 2.05) is 6.92 Å². The summed E-state index contributed by atoms with van der Waals surface area (Å²) in [4.78, 5) is 17.1. The number of imidazole rings is 1. The molecule has 0 bridgehead atoms. The Morgan fingerprint density at radius 1 is 1.36 bits per heavy atom. The molecule has 2 heterocycles. The molecule has 4 nitrogen and oxygen atoms in total. The number of nitrogens with zero attached hydrogens (tertiary/aromatic N) is 2. The van der Waals surface area contributed by atoms with Crippen LogP contribution in [-0.2, 0) is 0 Å². The highest BCUT2D eigenvalue weighted by Crippen LogP contribution is 2.26. The zero-order valence-corrected chi connectivity index (χ0v) is 14.2. The lowest BCUT2D eigenvalue weighted by atomic mass is 9.86. The summed E-state index contributed by atoms with van der Waals surface area (Å²) < 4.78 is 1.68. The second kappa shape index (κ2) is 6.09. The van der Waals surface area contributed by atoms with Gasteiger partial charge in [-0.2, -0.15) is 0 Å². The lowest BCUT2D eigenvalue weighted by Gasteiger charge is -2.29. The first-order valence-electron chi connectivity index (χ1n) is 7.62. The maximum atomic E-state index is 12.7. The number of carbonyl (C=O) groups excluding carboxylic acids is 1. The molecule has 1 saturated carbocycles. The average Bonchev–Trinajstić information content (AvgIpc) is 2.78. The van der Waals surface area contributed by atoms with E-state index in [0.717, 1.165) is 12.8 Å². The summed E-state index contributed by atoms with van der Waals surface area (Å²) in [6.45, 7) is 4.01. The van der Waals surface area contributed by atoms with Gasteiger partial charge >= 0.3 is 0 Å². The van der Waals surface area contributed by atoms with Crippen LogP contribution in [0, 0.1) is 12.8 Å². The zero-order valence-electron chi connectivity index (χ0n) is 12.7. The molecule has 6 heteroatoms. The topological polar surface area (TPSA) is 46.4 Å². The van der Waals surface area contributed by atoms with Crippen LogP contribution in [0.5, 0.6) is 0 Å². The van der Waals surface area contributed by atoms with Crippen LogP contribution >= 0.6 is 23.2 Å². The number of fused-ring (bicyclic) bond motifs is 1. The molecule has 1 amide bonds. The fraction of sp³-hybridized carbons (Fsp3) is 0.500. The minimum atomic E-state index is -0.109. The van der Waals surface area contributed by atoms with Gasteiger partial charge in [0.25, 0.3) is 5.91 Å². The van der Waals surface area contributed by atoms with Crippen LogP contribution in [0.25, 0.3) is 5.65 Å². The molecule has 1 N–H and O–H groups in total. The van der Waals surface area contributed by atoms with Gasteiger partial charge in [0.2, 0.25) is 0 Å². The Morgan fingerprint density at radius 3 is 2.82 bits per heavy atom. The smallest absolute Gasteiger partial charge is 0.270 e. The number of hydrogen-bond acceptors (Lipinski definition) is 2. The fourth-order valence-electron chi connectivity index (χ4n) is 3.23. The monoisotopic (exact) mass is 339 g/mol. The largest absolute Gasteiger partial charge is 0.348 e. The summed E-state index contributed by atoms with van der Waals surface area (Å²) in [6, 6.07) is 1.86. The van der Waals surface area contributed by atoms with E-state index in [0.29, 0.717) is 33.0 Å². The van der Waals surface area contributed by atoms with Crippen molar-refractivity contribution in [2.45, 2.75) is 45.6 Å². The first-order chi connectivity index (χ1) is 10.5. The lowest BCUT2D eigenvalue weighted by molar-refractivity contribution is 0.0903. The fourth-order valence-corrected chi connectivity index (χ4v) is 3.74. The van der Waals surface area contributed by atoms with E-state index in [1.54, 1.807) is 16.7 Å². The van der Waals surface area contributed by atoms with Crippen molar-refractivity contribution in [3.63, 3.8) is 0 Å². The molecular weight excluding hydrogens is 321 g/mol. The maximum Gasteiger partial charge on any atom is 0.270 e. The van der Waals surface area contributed by atoms with Gasteiger partial charge < -0.3 is 5.32 Å². The summed E-state index contributed by atoms with van der Waals surface area (Å²) in [5.74, 6) is 0.395. The summed E-state index contributed by atoms with van der Waals surface area (Å²) in [5, 5.41) is 4.08. The van der Waals surface area contributed by atoms with Gasteiger partial charge in [-0.3, -0.25) is 9.20 Å². The number of carbonyl (C=O) groups is 1. The van der Waals surface area contributed by atoms with Gasteiger partial charge in [-0.25, -0.2) is 4.98 Å². The zero-order chi connectivity index (χ0) is 15.9. The number of nitrogens with one attached hydrogen (secondary N) is 1. The van der Waals surface area contributed by atoms with Crippen molar-refractivity contribution < 1.29 is 4.79 Å². The van der Waals surface area contributed by atoms with Crippen LogP contribution in [-0.4, -0.2) is 21.3 Å². The number of halogens is 2. The molecule has 3 rings (SSSR count). The Labute approximate surface area is 139 Å². The van der Waals surface area contributed by atoms with E-state index >= 15 is 0 Å². The van der Waals surface area contributed by atoms with Crippen molar-refractivity contribution in [2.75, 3.05) is 0 Å². The third-order valence-corrected chi connectivity index (χ3v) is 4.94. The minimum Gasteiger partial charge on any atom is -0.348 e. The van der Waals surface area contributed by atoms with Gasteiger partial charge in [-0.1, -0.05) is 43.0 Å². The van der Waals surface area contributed by atoms with Crippen LogP contribution in [0.3, 0.4) is 0 Å². The Hall–Kier alpha value is -1.26. The minimum absolute atomic E-state index is 0.109. The van der Waals surface area contributed by atoms with E-state index in [1.165, 1.54) is 12.8 Å². The van der Waals surface area contributed by atoms with Crippen LogP contribution < -0.4 is 5.32 Å². The lowest BCUT2D eigenvalue weighted by Crippen LogP contribution is -2.41. The highest BCUT2D eigenvalue weighted by molar-refractivity contribution is 6.36. The molecule has 2 unspecified atom stereocenters. The van der Waals surface area contributed by atoms with Crippen molar-refractivity contribution in [1.29, 1.82) is 0 Å². The third-order valence-electron chi connectivity index (χ3n) is 4.46. The third kappa shape index (κ3) is 2.82. The Morgan fingerprint density at radius 2 is 2.09 bits per heavy atom. The van der Waals surface area contributed by atoms with E-state index in [9.17, 15) is 4.79 Å². The Kier molecular flexibility index (Phi) is 4.33. The molecule has 22 heavy (non-hydrogen) atoms. The molecule has 2 aromatic heterocycles. The van der Waals surface area contributed by atoms with Crippen LogP contribution in [0.15, 0.2) is 12.3 Å². The van der Waals surface area contributed by atoms with Gasteiger partial charge in [0.05, 0.1) is 15.7 Å². The van der Waals surface area contributed by atoms with Crippen LogP contribution in [0.2, 0.25) is 10.0 Å². The number of hydrogen-bond donors (Lipinski definition) is 1. The van der Waals surface area contributed by atoms with Gasteiger partial charge in [0, 0.05) is 12.2 Å². The molecule has 0 saturated heterocycles. The first-order valence-corrected chi connectivity index (χ1v) is 8.37. The molecule has 1 aliphatic carbocycles. The Balaban J connectivity index is 1.95. The van der Waals surface area contributed by atoms with Gasteiger partial charge in [0.1, 0.15) is 5.69 Å². The molecule has 2 atom stereocenters. The predicted octanol–water partition coefficient (Wildman–Crippen LogP) is 4.26. The van der Waals surface area contributed by atoms with Crippen molar-refractivity contribution in [3.05, 3.63) is 33.7 Å². The number of pyridine rings is 1. The SMILES string of the molecule is Cc1nc2c(Cl)cc(Cl)cn2c1C(=O)NC1CCCCC1C. The molecule has 2 aromatic rings. The molecule has 1 aliphatic rings. The van der Waals surface area contributed by atoms with Crippen LogP contribution in [0.1, 0.15) is 48.8 Å². The Bertz CT molecular complexity index is 726. The first kappa shape index (κ1) is 15.6. The van der Waals surface area contributed by atoms with Crippen molar-refractivity contribution in [3.8, 4) is 0 Å². The summed E-state index contributed by atoms with van der Waals surface area (Å²) in [5.41, 5.74) is 1.73. The number of aromatic nitrogens is 2. The number of amides is 1. The maximum absolute atomic E-state index is 12.7. The van der Waals surface area contributed by atoms with E-state index in [2.05, 4.69) is 17.2 Å². The molecular formula is C16H19Cl2N3O. The van der Waals surface area contributed by atoms with Gasteiger partial charge in [-0.15, -0.1) is 0 Å². The summed E-state index contributed by atoms with van der Waals surface area (Å²) in [7, 11) is 0. The van der Waals surface area contributed by atoms with Crippen molar-refractivity contribution in [2.24, 2.45) is 5.92 Å². The molecule has 118 valence electrons. The number of aryl methyl sites for hydroxylation is 1.